The lowest BCUT2D eigenvalue weighted by atomic mass is 10.2. The minimum atomic E-state index is 0.844. The number of ether oxygens (including phenoxy) is 1. The Morgan fingerprint density at radius 3 is 2.93 bits per heavy atom. The molecule has 0 unspecified atom stereocenters. The van der Waals surface area contributed by atoms with Gasteiger partial charge in [-0.05, 0) is 31.9 Å². The van der Waals surface area contributed by atoms with Crippen molar-refractivity contribution >= 4 is 22.9 Å². The van der Waals surface area contributed by atoms with Crippen LogP contribution in [0.15, 0.2) is 11.4 Å². The normalized spacial score (nSPS) is 10.8. The topological polar surface area (TPSA) is 21.3 Å². The molecule has 0 aliphatic heterocycles. The Bertz CT molecular complexity index is 265. The van der Waals surface area contributed by atoms with Crippen molar-refractivity contribution in [3.05, 3.63) is 21.3 Å². The van der Waals surface area contributed by atoms with E-state index < -0.39 is 0 Å². The Morgan fingerprint density at radius 1 is 1.40 bits per heavy atom. The smallest absolute Gasteiger partial charge is 0.0516 e. The lowest BCUT2D eigenvalue weighted by Crippen LogP contribution is -2.13. The van der Waals surface area contributed by atoms with Crippen molar-refractivity contribution in [2.75, 3.05) is 20.3 Å². The van der Waals surface area contributed by atoms with Crippen LogP contribution in [-0.2, 0) is 11.3 Å². The Balaban J connectivity index is 1.93. The molecule has 0 aromatic carbocycles. The first-order valence-electron chi connectivity index (χ1n) is 5.25. The van der Waals surface area contributed by atoms with Crippen LogP contribution >= 0.6 is 22.9 Å². The maximum Gasteiger partial charge on any atom is 0.0516 e. The maximum absolute atomic E-state index is 5.83. The van der Waals surface area contributed by atoms with Gasteiger partial charge in [0.05, 0.1) is 5.02 Å². The second kappa shape index (κ2) is 8.11. The van der Waals surface area contributed by atoms with Gasteiger partial charge in [-0.3, -0.25) is 0 Å². The van der Waals surface area contributed by atoms with E-state index in [1.807, 2.05) is 11.4 Å². The molecule has 0 bridgehead atoms. The summed E-state index contributed by atoms with van der Waals surface area (Å²) in [5, 5.41) is 6.22. The van der Waals surface area contributed by atoms with Gasteiger partial charge in [-0.15, -0.1) is 11.3 Å². The van der Waals surface area contributed by atoms with Crippen LogP contribution in [0, 0.1) is 0 Å². The summed E-state index contributed by atoms with van der Waals surface area (Å²) in [5.74, 6) is 0. The highest BCUT2D eigenvalue weighted by molar-refractivity contribution is 7.10. The zero-order chi connectivity index (χ0) is 10.9. The number of unbranched alkanes of at least 4 members (excludes halogenated alkanes) is 2. The highest BCUT2D eigenvalue weighted by Crippen LogP contribution is 2.18. The Kier molecular flexibility index (Phi) is 7.01. The van der Waals surface area contributed by atoms with Gasteiger partial charge in [0.25, 0.3) is 0 Å². The molecule has 0 atom stereocenters. The van der Waals surface area contributed by atoms with Gasteiger partial charge >= 0.3 is 0 Å². The van der Waals surface area contributed by atoms with Crippen molar-refractivity contribution in [3.8, 4) is 0 Å². The summed E-state index contributed by atoms with van der Waals surface area (Å²) in [4.78, 5) is 1.30. The zero-order valence-corrected chi connectivity index (χ0v) is 10.7. The van der Waals surface area contributed by atoms with Crippen LogP contribution in [0.4, 0.5) is 0 Å². The molecular weight excluding hydrogens is 230 g/mol. The molecular formula is C11H18ClNOS. The van der Waals surface area contributed by atoms with Crippen LogP contribution < -0.4 is 5.32 Å². The van der Waals surface area contributed by atoms with E-state index in [2.05, 4.69) is 5.32 Å². The molecule has 1 rings (SSSR count). The van der Waals surface area contributed by atoms with E-state index in [1.54, 1.807) is 18.4 Å². The van der Waals surface area contributed by atoms with E-state index in [-0.39, 0.29) is 0 Å². The third kappa shape index (κ3) is 6.15. The highest BCUT2D eigenvalue weighted by Gasteiger charge is 1.96. The summed E-state index contributed by atoms with van der Waals surface area (Å²) in [6.45, 7) is 2.88. The maximum atomic E-state index is 5.83. The van der Waals surface area contributed by atoms with E-state index >= 15 is 0 Å². The van der Waals surface area contributed by atoms with Crippen molar-refractivity contribution in [2.45, 2.75) is 25.8 Å². The van der Waals surface area contributed by atoms with Crippen molar-refractivity contribution in [2.24, 2.45) is 0 Å². The van der Waals surface area contributed by atoms with E-state index in [0.29, 0.717) is 0 Å². The van der Waals surface area contributed by atoms with Crippen LogP contribution in [0.25, 0.3) is 0 Å². The van der Waals surface area contributed by atoms with Gasteiger partial charge in [-0.1, -0.05) is 11.6 Å². The lowest BCUT2D eigenvalue weighted by Gasteiger charge is -2.02. The number of rotatable bonds is 8. The predicted molar refractivity (Wildman–Crippen MR) is 66.8 cm³/mol. The number of methoxy groups -OCH3 is 1. The summed E-state index contributed by atoms with van der Waals surface area (Å²) < 4.78 is 4.99. The van der Waals surface area contributed by atoms with Crippen molar-refractivity contribution in [1.82, 2.24) is 5.32 Å². The van der Waals surface area contributed by atoms with Gasteiger partial charge in [0.15, 0.2) is 0 Å². The molecule has 2 nitrogen and oxygen atoms in total. The third-order valence-electron chi connectivity index (χ3n) is 2.12. The summed E-state index contributed by atoms with van der Waals surface area (Å²) in [6, 6.07) is 2.02. The van der Waals surface area contributed by atoms with Crippen molar-refractivity contribution in [1.29, 1.82) is 0 Å². The molecule has 0 radical (unpaired) electrons. The molecule has 0 aliphatic rings. The minimum absolute atomic E-state index is 0.844. The van der Waals surface area contributed by atoms with Crippen molar-refractivity contribution < 1.29 is 4.74 Å². The standard InChI is InChI=1S/C11H18ClNOS/c1-14-6-4-2-3-5-13-8-11-7-10(12)9-15-11/h7,9,13H,2-6,8H2,1H3. The third-order valence-corrected chi connectivity index (χ3v) is 3.41. The van der Waals surface area contributed by atoms with Gasteiger partial charge in [-0.2, -0.15) is 0 Å². The second-order valence-electron chi connectivity index (χ2n) is 3.46. The summed E-state index contributed by atoms with van der Waals surface area (Å²) in [5.41, 5.74) is 0. The minimum Gasteiger partial charge on any atom is -0.385 e. The molecule has 0 amide bonds. The molecule has 15 heavy (non-hydrogen) atoms. The fourth-order valence-corrected chi connectivity index (χ4v) is 2.37. The number of nitrogens with one attached hydrogen (secondary N) is 1. The fraction of sp³-hybridized carbons (Fsp3) is 0.636. The van der Waals surface area contributed by atoms with Gasteiger partial charge < -0.3 is 10.1 Å². The Labute approximate surface area is 101 Å². The largest absolute Gasteiger partial charge is 0.385 e. The van der Waals surface area contributed by atoms with Gasteiger partial charge in [0, 0.05) is 30.5 Å². The van der Waals surface area contributed by atoms with Crippen molar-refractivity contribution in [3.63, 3.8) is 0 Å². The zero-order valence-electron chi connectivity index (χ0n) is 9.09. The summed E-state index contributed by atoms with van der Waals surface area (Å²) in [7, 11) is 1.75. The molecule has 0 fully saturated rings. The van der Waals surface area contributed by atoms with Crippen LogP contribution in [0.3, 0.4) is 0 Å². The lowest BCUT2D eigenvalue weighted by molar-refractivity contribution is 0.192. The van der Waals surface area contributed by atoms with E-state index in [4.69, 9.17) is 16.3 Å². The monoisotopic (exact) mass is 247 g/mol. The summed E-state index contributed by atoms with van der Waals surface area (Å²) in [6.07, 6.45) is 3.59. The van der Waals surface area contributed by atoms with Crippen LogP contribution in [-0.4, -0.2) is 20.3 Å². The Morgan fingerprint density at radius 2 is 2.27 bits per heavy atom. The van der Waals surface area contributed by atoms with Crippen LogP contribution in [0.5, 0.6) is 0 Å². The molecule has 0 spiro atoms. The van der Waals surface area contributed by atoms with E-state index in [0.717, 1.165) is 31.1 Å². The average molecular weight is 248 g/mol. The predicted octanol–water partition coefficient (Wildman–Crippen LogP) is 3.31. The average Bonchev–Trinajstić information content (AvgIpc) is 2.63. The molecule has 4 heteroatoms. The molecule has 0 aliphatic carbocycles. The van der Waals surface area contributed by atoms with Crippen LogP contribution in [0.1, 0.15) is 24.1 Å². The number of hydrogen-bond donors (Lipinski definition) is 1. The number of thiophene rings is 1. The summed E-state index contributed by atoms with van der Waals surface area (Å²) >= 11 is 7.53. The van der Waals surface area contributed by atoms with Gasteiger partial charge in [-0.25, -0.2) is 0 Å². The SMILES string of the molecule is COCCCCCNCc1cc(Cl)cs1. The quantitative estimate of drug-likeness (QED) is 0.712. The molecule has 86 valence electrons. The van der Waals surface area contributed by atoms with Gasteiger partial charge in [0.1, 0.15) is 0 Å². The van der Waals surface area contributed by atoms with Crippen LogP contribution in [0.2, 0.25) is 5.02 Å². The molecule has 1 aromatic rings. The molecule has 1 aromatic heterocycles. The second-order valence-corrected chi connectivity index (χ2v) is 4.89. The molecule has 1 N–H and O–H groups in total. The number of hydrogen-bond acceptors (Lipinski definition) is 3. The first-order chi connectivity index (χ1) is 7.33. The fourth-order valence-electron chi connectivity index (χ4n) is 1.33. The Hall–Kier alpha value is -0.0900. The molecule has 0 saturated heterocycles. The van der Waals surface area contributed by atoms with Gasteiger partial charge in [0.2, 0.25) is 0 Å². The highest BCUT2D eigenvalue weighted by atomic mass is 35.5. The first kappa shape index (κ1) is 13.0. The van der Waals surface area contributed by atoms with E-state index in [1.165, 1.54) is 17.7 Å². The first-order valence-corrected chi connectivity index (χ1v) is 6.51. The molecule has 0 saturated carbocycles. The number of halogens is 1. The molecule has 1 heterocycles. The van der Waals surface area contributed by atoms with E-state index in [9.17, 15) is 0 Å².